The summed E-state index contributed by atoms with van der Waals surface area (Å²) in [6, 6.07) is 23.2. The fourth-order valence-electron chi connectivity index (χ4n) is 4.72. The Morgan fingerprint density at radius 3 is 2.66 bits per heavy atom. The van der Waals surface area contributed by atoms with Gasteiger partial charge in [0, 0.05) is 31.0 Å². The molecule has 0 unspecified atom stereocenters. The number of anilines is 1. The van der Waals surface area contributed by atoms with E-state index in [-0.39, 0.29) is 30.2 Å². The highest BCUT2D eigenvalue weighted by atomic mass is 32.1. The number of fused-ring (bicyclic) bond motifs is 1. The van der Waals surface area contributed by atoms with Gasteiger partial charge in [-0.2, -0.15) is 0 Å². The minimum atomic E-state index is -0.351. The lowest BCUT2D eigenvalue weighted by atomic mass is 10.0. The van der Waals surface area contributed by atoms with Gasteiger partial charge in [-0.15, -0.1) is 0 Å². The maximum Gasteiger partial charge on any atom is 0.226 e. The molecule has 10 heteroatoms. The highest BCUT2D eigenvalue weighted by molar-refractivity contribution is 7.80. The van der Waals surface area contributed by atoms with E-state index in [0.717, 1.165) is 26.7 Å². The molecule has 190 valence electrons. The number of amides is 1. The zero-order valence-corrected chi connectivity index (χ0v) is 21.8. The molecule has 1 fully saturated rings. The van der Waals surface area contributed by atoms with Gasteiger partial charge < -0.3 is 15.5 Å². The third-order valence-electron chi connectivity index (χ3n) is 6.48. The van der Waals surface area contributed by atoms with Crippen LogP contribution in [0.25, 0.3) is 15.3 Å². The van der Waals surface area contributed by atoms with Crippen LogP contribution in [-0.4, -0.2) is 37.0 Å². The van der Waals surface area contributed by atoms with Crippen molar-refractivity contribution in [3.63, 3.8) is 0 Å². The SMILES string of the molecule is O=C(CCN1C(=S)N[C@@H](c2ccccn2)[C@@H]1c1cccn1-c1nc2ccccc2s1)Nc1ccc(F)cc1. The van der Waals surface area contributed by atoms with Crippen molar-refractivity contribution in [3.05, 3.63) is 108 Å². The van der Waals surface area contributed by atoms with E-state index < -0.39 is 0 Å². The van der Waals surface area contributed by atoms with E-state index in [0.29, 0.717) is 17.3 Å². The van der Waals surface area contributed by atoms with Gasteiger partial charge in [-0.3, -0.25) is 14.3 Å². The molecular formula is C28H23FN6OS2. The largest absolute Gasteiger partial charge is 0.352 e. The lowest BCUT2D eigenvalue weighted by Gasteiger charge is -2.28. The lowest BCUT2D eigenvalue weighted by molar-refractivity contribution is -0.116. The molecule has 5 aromatic rings. The van der Waals surface area contributed by atoms with Gasteiger partial charge in [0.1, 0.15) is 5.82 Å². The minimum absolute atomic E-state index is 0.180. The van der Waals surface area contributed by atoms with Gasteiger partial charge in [0.05, 0.1) is 33.7 Å². The second kappa shape index (κ2) is 10.3. The standard InChI is InChI=1S/C28H23FN6OS2/c29-18-10-12-19(13-11-18)31-24(36)14-17-35-26(25(33-27(35)37)21-7-3-4-15-30-21)22-8-5-16-34(22)28-32-20-6-1-2-9-23(20)38-28/h1-13,15-16,25-26H,14,17H2,(H,31,36)(H,33,37)/t25-,26-/m0/s1. The average Bonchev–Trinajstić information content (AvgIpc) is 3.65. The van der Waals surface area contributed by atoms with E-state index >= 15 is 0 Å². The number of thiocarbonyl (C=S) groups is 1. The molecular weight excluding hydrogens is 519 g/mol. The summed E-state index contributed by atoms with van der Waals surface area (Å²) in [5, 5.41) is 7.68. The zero-order chi connectivity index (χ0) is 26.1. The van der Waals surface area contributed by atoms with Crippen molar-refractivity contribution in [1.82, 2.24) is 24.8 Å². The Hall–Kier alpha value is -4.15. The van der Waals surface area contributed by atoms with Crippen LogP contribution in [0.3, 0.4) is 0 Å². The molecule has 1 aliphatic heterocycles. The number of carbonyl (C=O) groups is 1. The molecule has 2 atom stereocenters. The normalized spacial score (nSPS) is 17.1. The number of hydrogen-bond donors (Lipinski definition) is 2. The Labute approximate surface area is 228 Å². The van der Waals surface area contributed by atoms with Gasteiger partial charge in [0.15, 0.2) is 10.2 Å². The zero-order valence-electron chi connectivity index (χ0n) is 20.1. The number of pyridine rings is 1. The summed E-state index contributed by atoms with van der Waals surface area (Å²) in [7, 11) is 0. The van der Waals surface area contributed by atoms with Crippen LogP contribution in [0.2, 0.25) is 0 Å². The maximum absolute atomic E-state index is 13.2. The Morgan fingerprint density at radius 1 is 1.05 bits per heavy atom. The van der Waals surface area contributed by atoms with Crippen molar-refractivity contribution in [2.75, 3.05) is 11.9 Å². The van der Waals surface area contributed by atoms with Crippen LogP contribution in [-0.2, 0) is 4.79 Å². The summed E-state index contributed by atoms with van der Waals surface area (Å²) in [6.07, 6.45) is 3.97. The number of aromatic nitrogens is 3. The first-order chi connectivity index (χ1) is 18.6. The average molecular weight is 543 g/mol. The topological polar surface area (TPSA) is 75.1 Å². The van der Waals surface area contributed by atoms with Crippen LogP contribution in [0, 0.1) is 5.82 Å². The fourth-order valence-corrected chi connectivity index (χ4v) is 6.02. The van der Waals surface area contributed by atoms with Crippen molar-refractivity contribution in [1.29, 1.82) is 0 Å². The van der Waals surface area contributed by atoms with E-state index in [9.17, 15) is 9.18 Å². The number of rotatable bonds is 7. The van der Waals surface area contributed by atoms with Crippen LogP contribution in [0.4, 0.5) is 10.1 Å². The second-order valence-electron chi connectivity index (χ2n) is 8.89. The van der Waals surface area contributed by atoms with Crippen molar-refractivity contribution in [2.45, 2.75) is 18.5 Å². The predicted molar refractivity (Wildman–Crippen MR) is 151 cm³/mol. The Bertz CT molecular complexity index is 1570. The molecule has 1 amide bonds. The van der Waals surface area contributed by atoms with E-state index in [2.05, 4.69) is 32.3 Å². The number of hydrogen-bond acceptors (Lipinski definition) is 5. The van der Waals surface area contributed by atoms with E-state index in [1.54, 1.807) is 29.7 Å². The van der Waals surface area contributed by atoms with Gasteiger partial charge in [-0.05, 0) is 72.9 Å². The highest BCUT2D eigenvalue weighted by Crippen LogP contribution is 2.40. The molecule has 0 spiro atoms. The van der Waals surface area contributed by atoms with Crippen LogP contribution in [0.15, 0.2) is 91.3 Å². The minimum Gasteiger partial charge on any atom is -0.352 e. The number of carbonyl (C=O) groups excluding carboxylic acids is 1. The van der Waals surface area contributed by atoms with Gasteiger partial charge in [-0.25, -0.2) is 9.37 Å². The van der Waals surface area contributed by atoms with Crippen molar-refractivity contribution in [3.8, 4) is 5.13 Å². The lowest BCUT2D eigenvalue weighted by Crippen LogP contribution is -2.33. The molecule has 0 aliphatic carbocycles. The molecule has 1 aliphatic rings. The predicted octanol–water partition coefficient (Wildman–Crippen LogP) is 5.62. The maximum atomic E-state index is 13.2. The summed E-state index contributed by atoms with van der Waals surface area (Å²) >= 11 is 7.39. The van der Waals surface area contributed by atoms with Gasteiger partial charge in [0.25, 0.3) is 0 Å². The first kappa shape index (κ1) is 24.2. The fraction of sp³-hybridized carbons (Fsp3) is 0.143. The van der Waals surface area contributed by atoms with Crippen molar-refractivity contribution >= 4 is 50.5 Å². The quantitative estimate of drug-likeness (QED) is 0.260. The molecule has 7 nitrogen and oxygen atoms in total. The second-order valence-corrected chi connectivity index (χ2v) is 10.3. The summed E-state index contributed by atoms with van der Waals surface area (Å²) in [4.78, 5) is 24.3. The molecule has 2 aromatic carbocycles. The molecule has 1 saturated heterocycles. The van der Waals surface area contributed by atoms with E-state index in [1.807, 2.05) is 53.6 Å². The van der Waals surface area contributed by atoms with Gasteiger partial charge in [-0.1, -0.05) is 29.5 Å². The Balaban J connectivity index is 1.31. The van der Waals surface area contributed by atoms with Crippen molar-refractivity contribution in [2.24, 2.45) is 0 Å². The molecule has 2 N–H and O–H groups in total. The third kappa shape index (κ3) is 4.75. The monoisotopic (exact) mass is 542 g/mol. The molecule has 0 radical (unpaired) electrons. The molecule has 0 saturated carbocycles. The molecule has 4 heterocycles. The molecule has 3 aromatic heterocycles. The van der Waals surface area contributed by atoms with Crippen molar-refractivity contribution < 1.29 is 9.18 Å². The van der Waals surface area contributed by atoms with Crippen LogP contribution >= 0.6 is 23.6 Å². The number of para-hydroxylation sites is 1. The molecule has 0 bridgehead atoms. The number of thiazole rings is 1. The number of nitrogens with zero attached hydrogens (tertiary/aromatic N) is 4. The summed E-state index contributed by atoms with van der Waals surface area (Å²) in [6.45, 7) is 0.387. The first-order valence-electron chi connectivity index (χ1n) is 12.1. The van der Waals surface area contributed by atoms with Crippen LogP contribution < -0.4 is 10.6 Å². The first-order valence-corrected chi connectivity index (χ1v) is 13.4. The Morgan fingerprint density at radius 2 is 1.87 bits per heavy atom. The summed E-state index contributed by atoms with van der Waals surface area (Å²) in [5.74, 6) is -0.531. The number of benzene rings is 2. The number of nitrogens with one attached hydrogen (secondary N) is 2. The van der Waals surface area contributed by atoms with E-state index in [4.69, 9.17) is 17.2 Å². The van der Waals surface area contributed by atoms with Gasteiger partial charge in [0.2, 0.25) is 5.91 Å². The number of halogens is 1. The van der Waals surface area contributed by atoms with Crippen LogP contribution in [0.1, 0.15) is 29.9 Å². The molecule has 6 rings (SSSR count). The summed E-state index contributed by atoms with van der Waals surface area (Å²) < 4.78 is 16.4. The third-order valence-corrected chi connectivity index (χ3v) is 7.87. The van der Waals surface area contributed by atoms with Crippen LogP contribution in [0.5, 0.6) is 0 Å². The highest BCUT2D eigenvalue weighted by Gasteiger charge is 2.41. The smallest absolute Gasteiger partial charge is 0.226 e. The van der Waals surface area contributed by atoms with Gasteiger partial charge >= 0.3 is 0 Å². The molecule has 38 heavy (non-hydrogen) atoms. The van der Waals surface area contributed by atoms with E-state index in [1.165, 1.54) is 12.1 Å². The summed E-state index contributed by atoms with van der Waals surface area (Å²) in [5.41, 5.74) is 3.34. The Kier molecular flexibility index (Phi) is 6.57.